The molecule has 3 aromatic carbocycles. The molecule has 6 heteroatoms. The van der Waals surface area contributed by atoms with Gasteiger partial charge in [0.15, 0.2) is 12.4 Å². The molecule has 0 atom stereocenters. The van der Waals surface area contributed by atoms with Crippen molar-refractivity contribution in [1.82, 2.24) is 0 Å². The second kappa shape index (κ2) is 9.06. The first-order valence-electron chi connectivity index (χ1n) is 9.89. The SMILES string of the molecule is CCc1ccccc1NC(=O)COc1c(-c2ccccc2)oc2ccc(Cl)cc2c1=O. The zero-order valence-electron chi connectivity index (χ0n) is 16.9. The lowest BCUT2D eigenvalue weighted by Gasteiger charge is -2.13. The maximum Gasteiger partial charge on any atom is 0.262 e. The number of aryl methyl sites for hydroxylation is 1. The van der Waals surface area contributed by atoms with E-state index < -0.39 is 0 Å². The number of benzene rings is 3. The number of anilines is 1. The number of hydrogen-bond acceptors (Lipinski definition) is 4. The molecule has 1 heterocycles. The summed E-state index contributed by atoms with van der Waals surface area (Å²) in [6.45, 7) is 1.67. The molecule has 0 aliphatic rings. The molecule has 0 unspecified atom stereocenters. The van der Waals surface area contributed by atoms with E-state index in [1.807, 2.05) is 61.5 Å². The number of rotatable bonds is 6. The fourth-order valence-electron chi connectivity index (χ4n) is 3.34. The molecule has 0 bridgehead atoms. The van der Waals surface area contributed by atoms with Crippen LogP contribution in [0.15, 0.2) is 82.0 Å². The lowest BCUT2D eigenvalue weighted by molar-refractivity contribution is -0.118. The summed E-state index contributed by atoms with van der Waals surface area (Å²) in [5.74, 6) is -0.132. The van der Waals surface area contributed by atoms with Crippen molar-refractivity contribution in [1.29, 1.82) is 0 Å². The topological polar surface area (TPSA) is 68.5 Å². The van der Waals surface area contributed by atoms with Gasteiger partial charge in [0.05, 0.1) is 5.39 Å². The van der Waals surface area contributed by atoms with Crippen molar-refractivity contribution in [3.63, 3.8) is 0 Å². The Morgan fingerprint density at radius 2 is 1.77 bits per heavy atom. The third-order valence-corrected chi connectivity index (χ3v) is 5.10. The molecule has 0 saturated heterocycles. The first-order chi connectivity index (χ1) is 15.1. The normalized spacial score (nSPS) is 10.8. The zero-order valence-corrected chi connectivity index (χ0v) is 17.6. The van der Waals surface area contributed by atoms with Crippen LogP contribution < -0.4 is 15.5 Å². The van der Waals surface area contributed by atoms with Crippen LogP contribution >= 0.6 is 11.6 Å². The molecule has 1 amide bonds. The maximum absolute atomic E-state index is 13.2. The maximum atomic E-state index is 13.2. The van der Waals surface area contributed by atoms with E-state index in [4.69, 9.17) is 20.8 Å². The van der Waals surface area contributed by atoms with Gasteiger partial charge in [-0.2, -0.15) is 0 Å². The number of carbonyl (C=O) groups excluding carboxylic acids is 1. The Bertz CT molecular complexity index is 1300. The predicted molar refractivity (Wildman–Crippen MR) is 123 cm³/mol. The van der Waals surface area contributed by atoms with Gasteiger partial charge >= 0.3 is 0 Å². The molecule has 4 aromatic rings. The number of ether oxygens (including phenoxy) is 1. The second-order valence-electron chi connectivity index (χ2n) is 6.94. The summed E-state index contributed by atoms with van der Waals surface area (Å²) >= 11 is 6.06. The Morgan fingerprint density at radius 1 is 1.03 bits per heavy atom. The lowest BCUT2D eigenvalue weighted by Crippen LogP contribution is -2.23. The average Bonchev–Trinajstić information content (AvgIpc) is 2.79. The lowest BCUT2D eigenvalue weighted by atomic mass is 10.1. The average molecular weight is 434 g/mol. The smallest absolute Gasteiger partial charge is 0.262 e. The standard InChI is InChI=1S/C25H20ClNO4/c1-2-16-8-6-7-11-20(16)27-22(28)15-30-25-23(29)19-14-18(26)12-13-21(19)31-24(25)17-9-4-3-5-10-17/h3-14H,2,15H2,1H3,(H,27,28). The van der Waals surface area contributed by atoms with Crippen LogP contribution in [0.4, 0.5) is 5.69 Å². The van der Waals surface area contributed by atoms with E-state index in [9.17, 15) is 9.59 Å². The van der Waals surface area contributed by atoms with Crippen LogP contribution in [0.25, 0.3) is 22.3 Å². The minimum Gasteiger partial charge on any atom is -0.476 e. The van der Waals surface area contributed by atoms with Gasteiger partial charge in [0.2, 0.25) is 11.2 Å². The molecule has 0 spiro atoms. The van der Waals surface area contributed by atoms with Crippen LogP contribution in [0.2, 0.25) is 5.02 Å². The highest BCUT2D eigenvalue weighted by atomic mass is 35.5. The largest absolute Gasteiger partial charge is 0.476 e. The van der Waals surface area contributed by atoms with Gasteiger partial charge in [0.1, 0.15) is 5.58 Å². The van der Waals surface area contributed by atoms with Crippen molar-refractivity contribution < 1.29 is 13.9 Å². The third-order valence-electron chi connectivity index (χ3n) is 4.87. The minimum absolute atomic E-state index is 0.0279. The third kappa shape index (κ3) is 4.47. The molecule has 0 aliphatic carbocycles. The summed E-state index contributed by atoms with van der Waals surface area (Å²) in [4.78, 5) is 25.7. The van der Waals surface area contributed by atoms with Crippen LogP contribution in [0, 0.1) is 0 Å². The number of halogens is 1. The number of carbonyl (C=O) groups is 1. The van der Waals surface area contributed by atoms with E-state index in [2.05, 4.69) is 5.32 Å². The van der Waals surface area contributed by atoms with Crippen molar-refractivity contribution in [3.05, 3.63) is 93.6 Å². The first-order valence-corrected chi connectivity index (χ1v) is 10.3. The van der Waals surface area contributed by atoms with Gasteiger partial charge < -0.3 is 14.5 Å². The summed E-state index contributed by atoms with van der Waals surface area (Å²) in [5.41, 5.74) is 2.41. The number of para-hydroxylation sites is 1. The van der Waals surface area contributed by atoms with E-state index in [-0.39, 0.29) is 29.5 Å². The van der Waals surface area contributed by atoms with E-state index in [1.54, 1.807) is 12.1 Å². The van der Waals surface area contributed by atoms with Gasteiger partial charge in [-0.15, -0.1) is 0 Å². The molecule has 31 heavy (non-hydrogen) atoms. The second-order valence-corrected chi connectivity index (χ2v) is 7.38. The van der Waals surface area contributed by atoms with Crippen LogP contribution in [0.5, 0.6) is 5.75 Å². The van der Waals surface area contributed by atoms with Gasteiger partial charge in [-0.3, -0.25) is 9.59 Å². The predicted octanol–water partition coefficient (Wildman–Crippen LogP) is 5.69. The molecule has 4 rings (SSSR count). The molecule has 5 nitrogen and oxygen atoms in total. The van der Waals surface area contributed by atoms with Gasteiger partial charge in [-0.1, -0.05) is 67.1 Å². The monoisotopic (exact) mass is 433 g/mol. The van der Waals surface area contributed by atoms with E-state index in [0.717, 1.165) is 17.7 Å². The fourth-order valence-corrected chi connectivity index (χ4v) is 3.51. The van der Waals surface area contributed by atoms with Crippen LogP contribution in [0.3, 0.4) is 0 Å². The Hall–Kier alpha value is -3.57. The summed E-state index contributed by atoms with van der Waals surface area (Å²) in [7, 11) is 0. The molecule has 0 aliphatic heterocycles. The molecule has 0 fully saturated rings. The van der Waals surface area contributed by atoms with Crippen LogP contribution in [-0.2, 0) is 11.2 Å². The quantitative estimate of drug-likeness (QED) is 0.424. The number of fused-ring (bicyclic) bond motifs is 1. The Balaban J connectivity index is 1.68. The zero-order chi connectivity index (χ0) is 21.8. The summed E-state index contributed by atoms with van der Waals surface area (Å²) in [6.07, 6.45) is 0.782. The first kappa shape index (κ1) is 20.7. The highest BCUT2D eigenvalue weighted by Gasteiger charge is 2.19. The van der Waals surface area contributed by atoms with Crippen molar-refractivity contribution in [2.75, 3.05) is 11.9 Å². The van der Waals surface area contributed by atoms with Crippen molar-refractivity contribution in [2.45, 2.75) is 13.3 Å². The highest BCUT2D eigenvalue weighted by molar-refractivity contribution is 6.31. The molecule has 156 valence electrons. The minimum atomic E-state index is -0.385. The van der Waals surface area contributed by atoms with Crippen LogP contribution in [0.1, 0.15) is 12.5 Å². The van der Waals surface area contributed by atoms with Crippen LogP contribution in [-0.4, -0.2) is 12.5 Å². The molecule has 1 N–H and O–H groups in total. The van der Waals surface area contributed by atoms with E-state index >= 15 is 0 Å². The number of nitrogens with one attached hydrogen (secondary N) is 1. The van der Waals surface area contributed by atoms with Crippen molar-refractivity contribution in [2.24, 2.45) is 0 Å². The van der Waals surface area contributed by atoms with Gasteiger partial charge in [-0.25, -0.2) is 0 Å². The summed E-state index contributed by atoms with van der Waals surface area (Å²) in [6, 6.07) is 21.5. The fraction of sp³-hybridized carbons (Fsp3) is 0.120. The molecule has 0 saturated carbocycles. The van der Waals surface area contributed by atoms with E-state index in [0.29, 0.717) is 21.6 Å². The Labute approximate surface area is 184 Å². The number of hydrogen-bond donors (Lipinski definition) is 1. The van der Waals surface area contributed by atoms with Gasteiger partial charge in [0.25, 0.3) is 5.91 Å². The number of amides is 1. The summed E-state index contributed by atoms with van der Waals surface area (Å²) in [5, 5.41) is 3.54. The summed E-state index contributed by atoms with van der Waals surface area (Å²) < 4.78 is 11.7. The highest BCUT2D eigenvalue weighted by Crippen LogP contribution is 2.31. The molecule has 0 radical (unpaired) electrons. The van der Waals surface area contributed by atoms with E-state index in [1.165, 1.54) is 6.07 Å². The Kier molecular flexibility index (Phi) is 6.05. The molecular weight excluding hydrogens is 414 g/mol. The van der Waals surface area contributed by atoms with Crippen molar-refractivity contribution >= 4 is 34.2 Å². The molecule has 1 aromatic heterocycles. The van der Waals surface area contributed by atoms with Gasteiger partial charge in [-0.05, 0) is 36.2 Å². The molecular formula is C25H20ClNO4. The van der Waals surface area contributed by atoms with Gasteiger partial charge in [0, 0.05) is 16.3 Å². The Morgan fingerprint density at radius 3 is 2.55 bits per heavy atom. The van der Waals surface area contributed by atoms with Crippen molar-refractivity contribution in [3.8, 4) is 17.1 Å².